The molecule has 0 saturated carbocycles. The largest absolute Gasteiger partial charge is 0.366 e. The van der Waals surface area contributed by atoms with Crippen LogP contribution in [-0.2, 0) is 6.54 Å². The maximum Gasteiger partial charge on any atom is 0.262 e. The molecule has 5 nitrogen and oxygen atoms in total. The molecule has 0 unspecified atom stereocenters. The predicted octanol–water partition coefficient (Wildman–Crippen LogP) is 3.58. The van der Waals surface area contributed by atoms with Crippen molar-refractivity contribution in [1.82, 2.24) is 9.55 Å². The SMILES string of the molecule is Cc1c(-c2ccccc2)sc2ncn(Cc3ccc(C(N)=O)cc3)c(=O)c12. The highest BCUT2D eigenvalue weighted by Gasteiger charge is 2.15. The van der Waals surface area contributed by atoms with Crippen molar-refractivity contribution in [2.24, 2.45) is 5.73 Å². The molecule has 2 aromatic carbocycles. The molecule has 0 radical (unpaired) electrons. The highest BCUT2D eigenvalue weighted by molar-refractivity contribution is 7.22. The van der Waals surface area contributed by atoms with Crippen LogP contribution in [0.4, 0.5) is 0 Å². The number of hydrogen-bond donors (Lipinski definition) is 1. The molecule has 27 heavy (non-hydrogen) atoms. The molecule has 2 heterocycles. The number of nitrogens with two attached hydrogens (primary N) is 1. The standard InChI is InChI=1S/C21H17N3O2S/c1-13-17-20(27-18(13)15-5-3-2-4-6-15)23-12-24(21(17)26)11-14-7-9-16(10-8-14)19(22)25/h2-10,12H,11H2,1H3,(H2,22,25). The van der Waals surface area contributed by atoms with Crippen molar-refractivity contribution in [3.63, 3.8) is 0 Å². The van der Waals surface area contributed by atoms with E-state index in [1.165, 1.54) is 11.3 Å². The van der Waals surface area contributed by atoms with E-state index in [0.29, 0.717) is 17.5 Å². The van der Waals surface area contributed by atoms with Gasteiger partial charge in [0.1, 0.15) is 4.83 Å². The molecule has 0 fully saturated rings. The van der Waals surface area contributed by atoms with Crippen LogP contribution in [0.1, 0.15) is 21.5 Å². The van der Waals surface area contributed by atoms with E-state index in [9.17, 15) is 9.59 Å². The van der Waals surface area contributed by atoms with Gasteiger partial charge in [0.15, 0.2) is 0 Å². The van der Waals surface area contributed by atoms with E-state index in [0.717, 1.165) is 26.4 Å². The summed E-state index contributed by atoms with van der Waals surface area (Å²) in [4.78, 5) is 30.5. The van der Waals surface area contributed by atoms with Gasteiger partial charge in [0.25, 0.3) is 5.56 Å². The van der Waals surface area contributed by atoms with Crippen molar-refractivity contribution in [3.05, 3.63) is 88.0 Å². The van der Waals surface area contributed by atoms with Gasteiger partial charge in [0, 0.05) is 10.4 Å². The normalized spacial score (nSPS) is 11.0. The Morgan fingerprint density at radius 2 is 1.81 bits per heavy atom. The molecule has 6 heteroatoms. The van der Waals surface area contributed by atoms with Crippen LogP contribution in [0, 0.1) is 6.92 Å². The Labute approximate surface area is 159 Å². The Morgan fingerprint density at radius 3 is 2.48 bits per heavy atom. The molecular formula is C21H17N3O2S. The second-order valence-electron chi connectivity index (χ2n) is 6.34. The average Bonchev–Trinajstić information content (AvgIpc) is 3.02. The van der Waals surface area contributed by atoms with Crippen molar-refractivity contribution in [2.75, 3.05) is 0 Å². The van der Waals surface area contributed by atoms with Gasteiger partial charge in [-0.2, -0.15) is 0 Å². The summed E-state index contributed by atoms with van der Waals surface area (Å²) >= 11 is 1.54. The summed E-state index contributed by atoms with van der Waals surface area (Å²) in [6.07, 6.45) is 1.58. The monoisotopic (exact) mass is 375 g/mol. The van der Waals surface area contributed by atoms with E-state index in [1.807, 2.05) is 37.3 Å². The molecule has 0 aliphatic carbocycles. The Kier molecular flexibility index (Phi) is 4.33. The summed E-state index contributed by atoms with van der Waals surface area (Å²) in [5, 5.41) is 0.662. The minimum atomic E-state index is -0.468. The van der Waals surface area contributed by atoms with Crippen molar-refractivity contribution in [1.29, 1.82) is 0 Å². The molecule has 0 aliphatic rings. The second-order valence-corrected chi connectivity index (χ2v) is 7.34. The van der Waals surface area contributed by atoms with Crippen LogP contribution in [-0.4, -0.2) is 15.5 Å². The Balaban J connectivity index is 1.75. The lowest BCUT2D eigenvalue weighted by Gasteiger charge is -2.06. The van der Waals surface area contributed by atoms with Crippen LogP contribution in [0.15, 0.2) is 65.7 Å². The zero-order chi connectivity index (χ0) is 19.0. The van der Waals surface area contributed by atoms with Crippen molar-refractivity contribution >= 4 is 27.5 Å². The van der Waals surface area contributed by atoms with Gasteiger partial charge in [0.05, 0.1) is 18.3 Å². The first kappa shape index (κ1) is 17.2. The van der Waals surface area contributed by atoms with Crippen molar-refractivity contribution in [2.45, 2.75) is 13.5 Å². The molecule has 0 atom stereocenters. The summed E-state index contributed by atoms with van der Waals surface area (Å²) in [7, 11) is 0. The minimum absolute atomic E-state index is 0.0603. The number of nitrogens with zero attached hydrogens (tertiary/aromatic N) is 2. The first-order valence-corrected chi connectivity index (χ1v) is 9.29. The van der Waals surface area contributed by atoms with E-state index in [4.69, 9.17) is 5.73 Å². The van der Waals surface area contributed by atoms with Gasteiger partial charge < -0.3 is 5.73 Å². The molecule has 2 N–H and O–H groups in total. The van der Waals surface area contributed by atoms with Crippen LogP contribution in [0.5, 0.6) is 0 Å². The van der Waals surface area contributed by atoms with Crippen LogP contribution >= 0.6 is 11.3 Å². The number of aryl methyl sites for hydroxylation is 1. The fraction of sp³-hybridized carbons (Fsp3) is 0.0952. The number of carbonyl (C=O) groups is 1. The van der Waals surface area contributed by atoms with E-state index in [2.05, 4.69) is 4.98 Å². The quantitative estimate of drug-likeness (QED) is 0.592. The molecule has 0 spiro atoms. The van der Waals surface area contributed by atoms with Gasteiger partial charge in [-0.25, -0.2) is 4.98 Å². The lowest BCUT2D eigenvalue weighted by atomic mass is 10.1. The number of carbonyl (C=O) groups excluding carboxylic acids is 1. The number of aromatic nitrogens is 2. The topological polar surface area (TPSA) is 78.0 Å². The van der Waals surface area contributed by atoms with Crippen molar-refractivity contribution in [3.8, 4) is 10.4 Å². The van der Waals surface area contributed by atoms with Gasteiger partial charge in [-0.1, -0.05) is 42.5 Å². The Hall–Kier alpha value is -3.25. The first-order valence-electron chi connectivity index (χ1n) is 8.47. The summed E-state index contributed by atoms with van der Waals surface area (Å²) in [6, 6.07) is 16.9. The Bertz CT molecular complexity index is 1190. The smallest absolute Gasteiger partial charge is 0.262 e. The molecule has 0 aliphatic heterocycles. The lowest BCUT2D eigenvalue weighted by molar-refractivity contribution is 0.100. The van der Waals surface area contributed by atoms with E-state index < -0.39 is 5.91 Å². The van der Waals surface area contributed by atoms with Gasteiger partial charge in [-0.3, -0.25) is 14.2 Å². The number of thiophene rings is 1. The molecule has 4 aromatic rings. The number of hydrogen-bond acceptors (Lipinski definition) is 4. The summed E-state index contributed by atoms with van der Waals surface area (Å²) < 4.78 is 1.59. The number of benzene rings is 2. The first-order chi connectivity index (χ1) is 13.0. The third-order valence-corrected chi connectivity index (χ3v) is 5.79. The van der Waals surface area contributed by atoms with Gasteiger partial charge >= 0.3 is 0 Å². The molecule has 4 rings (SSSR count). The average molecular weight is 375 g/mol. The lowest BCUT2D eigenvalue weighted by Crippen LogP contribution is -2.21. The summed E-state index contributed by atoms with van der Waals surface area (Å²) in [6.45, 7) is 2.35. The van der Waals surface area contributed by atoms with E-state index in [-0.39, 0.29) is 5.56 Å². The number of fused-ring (bicyclic) bond motifs is 1. The molecule has 0 saturated heterocycles. The van der Waals surface area contributed by atoms with E-state index in [1.54, 1.807) is 35.2 Å². The predicted molar refractivity (Wildman–Crippen MR) is 108 cm³/mol. The van der Waals surface area contributed by atoms with Crippen LogP contribution in [0.25, 0.3) is 20.7 Å². The minimum Gasteiger partial charge on any atom is -0.366 e. The number of amides is 1. The van der Waals surface area contributed by atoms with Gasteiger partial charge in [0.2, 0.25) is 5.91 Å². The fourth-order valence-electron chi connectivity index (χ4n) is 3.11. The van der Waals surface area contributed by atoms with Gasteiger partial charge in [-0.05, 0) is 35.7 Å². The van der Waals surface area contributed by atoms with Crippen LogP contribution in [0.3, 0.4) is 0 Å². The molecular weight excluding hydrogens is 358 g/mol. The van der Waals surface area contributed by atoms with Crippen molar-refractivity contribution < 1.29 is 4.79 Å². The zero-order valence-electron chi connectivity index (χ0n) is 14.7. The van der Waals surface area contributed by atoms with Gasteiger partial charge in [-0.15, -0.1) is 11.3 Å². The van der Waals surface area contributed by atoms with Crippen LogP contribution < -0.4 is 11.3 Å². The third-order valence-electron chi connectivity index (χ3n) is 4.54. The maximum absolute atomic E-state index is 13.0. The summed E-state index contributed by atoms with van der Waals surface area (Å²) in [5.41, 5.74) is 8.60. The van der Waals surface area contributed by atoms with Crippen LogP contribution in [0.2, 0.25) is 0 Å². The highest BCUT2D eigenvalue weighted by atomic mass is 32.1. The second kappa shape index (κ2) is 6.81. The third kappa shape index (κ3) is 3.15. The zero-order valence-corrected chi connectivity index (χ0v) is 15.5. The van der Waals surface area contributed by atoms with E-state index >= 15 is 0 Å². The number of primary amides is 1. The Morgan fingerprint density at radius 1 is 1.11 bits per heavy atom. The molecule has 2 aromatic heterocycles. The highest BCUT2D eigenvalue weighted by Crippen LogP contribution is 2.35. The number of rotatable bonds is 4. The maximum atomic E-state index is 13.0. The molecule has 0 bridgehead atoms. The molecule has 1 amide bonds. The molecule has 134 valence electrons. The fourth-order valence-corrected chi connectivity index (χ4v) is 4.25. The summed E-state index contributed by atoms with van der Waals surface area (Å²) in [5.74, 6) is -0.468.